The molecule has 0 atom stereocenters. The number of hydrogen-bond donors (Lipinski definition) is 0. The molecular weight excluding hydrogens is 356 g/mol. The average molecular weight is 378 g/mol. The highest BCUT2D eigenvalue weighted by atomic mass is 16.5. The zero-order valence-electron chi connectivity index (χ0n) is 15.8. The average Bonchev–Trinajstić information content (AvgIpc) is 2.74. The minimum Gasteiger partial charge on any atom is -0.451 e. The van der Waals surface area contributed by atoms with E-state index in [1.807, 2.05) is 24.3 Å². The summed E-state index contributed by atoms with van der Waals surface area (Å²) in [5.41, 5.74) is 2.11. The van der Waals surface area contributed by atoms with Gasteiger partial charge in [0.05, 0.1) is 18.6 Å². The van der Waals surface area contributed by atoms with Crippen LogP contribution < -0.4 is 10.3 Å². The maximum absolute atomic E-state index is 12.8. The monoisotopic (exact) mass is 378 g/mol. The third-order valence-corrected chi connectivity index (χ3v) is 4.98. The molecule has 3 aromatic rings. The summed E-state index contributed by atoms with van der Waals surface area (Å²) in [6, 6.07) is 16.0. The number of rotatable bonds is 4. The first-order valence-corrected chi connectivity index (χ1v) is 9.32. The fourth-order valence-electron chi connectivity index (χ4n) is 3.33. The highest BCUT2D eigenvalue weighted by molar-refractivity contribution is 6.04. The molecule has 0 radical (unpaired) electrons. The Bertz CT molecular complexity index is 1040. The molecule has 144 valence electrons. The van der Waals surface area contributed by atoms with E-state index in [1.165, 1.54) is 16.5 Å². The number of para-hydroxylation sites is 1. The zero-order chi connectivity index (χ0) is 19.5. The second kappa shape index (κ2) is 7.96. The van der Waals surface area contributed by atoms with Crippen molar-refractivity contribution >= 4 is 22.6 Å². The summed E-state index contributed by atoms with van der Waals surface area (Å²) in [4.78, 5) is 28.9. The quantitative estimate of drug-likeness (QED) is 0.699. The number of carbonyl (C=O) groups is 1. The molecule has 4 rings (SSSR count). The van der Waals surface area contributed by atoms with E-state index in [2.05, 4.69) is 4.90 Å². The summed E-state index contributed by atoms with van der Waals surface area (Å²) < 4.78 is 11.0. The van der Waals surface area contributed by atoms with Crippen molar-refractivity contribution in [2.75, 3.05) is 38.3 Å². The van der Waals surface area contributed by atoms with Gasteiger partial charge >= 0.3 is 0 Å². The van der Waals surface area contributed by atoms with Gasteiger partial charge in [-0.3, -0.25) is 14.5 Å². The Labute approximate surface area is 162 Å². The highest BCUT2D eigenvalue weighted by Gasteiger charge is 2.18. The summed E-state index contributed by atoms with van der Waals surface area (Å²) >= 11 is 0. The smallest absolute Gasteiger partial charge is 0.293 e. The van der Waals surface area contributed by atoms with Gasteiger partial charge in [-0.2, -0.15) is 0 Å². The fraction of sp³-hybridized carbons (Fsp3) is 0.273. The van der Waals surface area contributed by atoms with Gasteiger partial charge in [-0.1, -0.05) is 24.3 Å². The normalized spacial score (nSPS) is 14.9. The van der Waals surface area contributed by atoms with Gasteiger partial charge in [0.15, 0.2) is 11.2 Å². The maximum atomic E-state index is 12.8. The summed E-state index contributed by atoms with van der Waals surface area (Å²) in [6.45, 7) is 4.27. The lowest BCUT2D eigenvalue weighted by atomic mass is 10.1. The number of carbonyl (C=O) groups excluding carboxylic acids is 1. The number of anilines is 1. The second-order valence-corrected chi connectivity index (χ2v) is 6.89. The minimum absolute atomic E-state index is 0.0311. The molecule has 0 aliphatic carbocycles. The Kier molecular flexibility index (Phi) is 5.23. The molecule has 6 heteroatoms. The topological polar surface area (TPSA) is 63.0 Å². The molecule has 28 heavy (non-hydrogen) atoms. The summed E-state index contributed by atoms with van der Waals surface area (Å²) in [5, 5.41) is 0.467. The van der Waals surface area contributed by atoms with Crippen LogP contribution in [0.5, 0.6) is 0 Å². The summed E-state index contributed by atoms with van der Waals surface area (Å²) in [7, 11) is 1.68. The van der Waals surface area contributed by atoms with Crippen LogP contribution in [0.25, 0.3) is 11.0 Å². The first kappa shape index (κ1) is 18.4. The van der Waals surface area contributed by atoms with Crippen LogP contribution in [0.3, 0.4) is 0 Å². The van der Waals surface area contributed by atoms with Crippen molar-refractivity contribution < 1.29 is 13.9 Å². The molecule has 1 aromatic heterocycles. The lowest BCUT2D eigenvalue weighted by Gasteiger charge is -2.26. The molecule has 0 N–H and O–H groups in total. The molecule has 1 fully saturated rings. The molecule has 0 unspecified atom stereocenters. The van der Waals surface area contributed by atoms with Gasteiger partial charge in [0, 0.05) is 38.4 Å². The number of hydrogen-bond acceptors (Lipinski definition) is 5. The molecule has 6 nitrogen and oxygen atoms in total. The van der Waals surface area contributed by atoms with Gasteiger partial charge < -0.3 is 14.1 Å². The van der Waals surface area contributed by atoms with Crippen LogP contribution in [-0.2, 0) is 11.3 Å². The van der Waals surface area contributed by atoms with Crippen molar-refractivity contribution in [3.05, 3.63) is 76.1 Å². The Balaban J connectivity index is 1.51. The zero-order valence-corrected chi connectivity index (χ0v) is 15.8. The fourth-order valence-corrected chi connectivity index (χ4v) is 3.33. The number of benzene rings is 2. The van der Waals surface area contributed by atoms with Crippen molar-refractivity contribution in [3.8, 4) is 0 Å². The van der Waals surface area contributed by atoms with E-state index in [0.29, 0.717) is 11.0 Å². The van der Waals surface area contributed by atoms with Crippen LogP contribution in [0.4, 0.5) is 5.69 Å². The van der Waals surface area contributed by atoms with Gasteiger partial charge in [-0.05, 0) is 29.8 Å². The van der Waals surface area contributed by atoms with Crippen molar-refractivity contribution in [1.29, 1.82) is 0 Å². The van der Waals surface area contributed by atoms with Crippen molar-refractivity contribution in [2.24, 2.45) is 0 Å². The third kappa shape index (κ3) is 3.83. The lowest BCUT2D eigenvalue weighted by molar-refractivity contribution is 0.0342. The number of nitrogens with zero attached hydrogens (tertiary/aromatic N) is 2. The van der Waals surface area contributed by atoms with Crippen LogP contribution in [-0.4, -0.2) is 44.2 Å². The largest absolute Gasteiger partial charge is 0.451 e. The van der Waals surface area contributed by atoms with E-state index in [9.17, 15) is 9.59 Å². The van der Waals surface area contributed by atoms with E-state index >= 15 is 0 Å². The molecule has 1 saturated heterocycles. The number of morpholine rings is 1. The predicted molar refractivity (Wildman–Crippen MR) is 108 cm³/mol. The van der Waals surface area contributed by atoms with Gasteiger partial charge in [0.1, 0.15) is 5.58 Å². The van der Waals surface area contributed by atoms with Crippen LogP contribution in [0.1, 0.15) is 16.1 Å². The molecular formula is C22H22N2O4. The Hall–Kier alpha value is -2.96. The summed E-state index contributed by atoms with van der Waals surface area (Å²) in [6.07, 6.45) is 0. The van der Waals surface area contributed by atoms with Crippen LogP contribution in [0.15, 0.2) is 63.8 Å². The van der Waals surface area contributed by atoms with E-state index in [0.717, 1.165) is 38.5 Å². The molecule has 1 amide bonds. The molecule has 0 saturated carbocycles. The number of ether oxygens (including phenoxy) is 1. The van der Waals surface area contributed by atoms with Gasteiger partial charge in [0.2, 0.25) is 0 Å². The van der Waals surface area contributed by atoms with Crippen molar-refractivity contribution in [2.45, 2.75) is 6.54 Å². The van der Waals surface area contributed by atoms with Crippen molar-refractivity contribution in [1.82, 2.24) is 4.90 Å². The number of amides is 1. The molecule has 0 spiro atoms. The van der Waals surface area contributed by atoms with E-state index in [4.69, 9.17) is 9.15 Å². The van der Waals surface area contributed by atoms with Crippen molar-refractivity contribution in [3.63, 3.8) is 0 Å². The van der Waals surface area contributed by atoms with Crippen LogP contribution in [0, 0.1) is 0 Å². The third-order valence-electron chi connectivity index (χ3n) is 4.98. The highest BCUT2D eigenvalue weighted by Crippen LogP contribution is 2.19. The van der Waals surface area contributed by atoms with E-state index in [1.54, 1.807) is 31.3 Å². The van der Waals surface area contributed by atoms with Gasteiger partial charge in [-0.15, -0.1) is 0 Å². The second-order valence-electron chi connectivity index (χ2n) is 6.89. The first-order chi connectivity index (χ1) is 13.6. The maximum Gasteiger partial charge on any atom is 0.293 e. The Morgan fingerprint density at radius 1 is 1.07 bits per heavy atom. The van der Waals surface area contributed by atoms with E-state index < -0.39 is 0 Å². The SMILES string of the molecule is CN(C(=O)c1cc(=O)c2ccccc2o1)c1ccc(CN2CCOCC2)cc1. The lowest BCUT2D eigenvalue weighted by Crippen LogP contribution is -2.35. The van der Waals surface area contributed by atoms with Gasteiger partial charge in [-0.25, -0.2) is 0 Å². The minimum atomic E-state index is -0.358. The van der Waals surface area contributed by atoms with Gasteiger partial charge in [0.25, 0.3) is 5.91 Å². The molecule has 1 aliphatic rings. The number of fused-ring (bicyclic) bond motifs is 1. The predicted octanol–water partition coefficient (Wildman–Crippen LogP) is 2.90. The van der Waals surface area contributed by atoms with Crippen LogP contribution in [0.2, 0.25) is 0 Å². The standard InChI is InChI=1S/C22H22N2O4/c1-23(17-8-6-16(7-9-17)15-24-10-12-27-13-11-24)22(26)21-14-19(25)18-4-2-3-5-20(18)28-21/h2-9,14H,10-13,15H2,1H3. The molecule has 2 heterocycles. The molecule has 1 aliphatic heterocycles. The molecule has 2 aromatic carbocycles. The van der Waals surface area contributed by atoms with Crippen LogP contribution >= 0.6 is 0 Å². The molecule has 0 bridgehead atoms. The Morgan fingerprint density at radius 3 is 2.54 bits per heavy atom. The van der Waals surface area contributed by atoms with E-state index in [-0.39, 0.29) is 17.1 Å². The summed E-state index contributed by atoms with van der Waals surface area (Å²) in [5.74, 6) is -0.327. The first-order valence-electron chi connectivity index (χ1n) is 9.32. The Morgan fingerprint density at radius 2 is 1.79 bits per heavy atom.